The fourth-order valence-electron chi connectivity index (χ4n) is 5.02. The average molecular weight is 546 g/mol. The quantitative estimate of drug-likeness (QED) is 0.458. The predicted molar refractivity (Wildman–Crippen MR) is 138 cm³/mol. The number of pyridine rings is 2. The van der Waals surface area contributed by atoms with Crippen molar-refractivity contribution in [1.82, 2.24) is 24.1 Å². The maximum absolute atomic E-state index is 13.4. The molecular weight excluding hydrogens is 517 g/mol. The van der Waals surface area contributed by atoms with Crippen LogP contribution >= 0.6 is 0 Å². The van der Waals surface area contributed by atoms with Crippen molar-refractivity contribution in [1.29, 1.82) is 0 Å². The first-order valence-electron chi connectivity index (χ1n) is 12.1. The third-order valence-electron chi connectivity index (χ3n) is 6.97. The zero-order chi connectivity index (χ0) is 27.2. The van der Waals surface area contributed by atoms with Gasteiger partial charge in [0.05, 0.1) is 12.8 Å². The van der Waals surface area contributed by atoms with Crippen molar-refractivity contribution in [2.45, 2.75) is 19.1 Å². The van der Waals surface area contributed by atoms with E-state index in [-0.39, 0.29) is 23.4 Å². The Labute approximate surface area is 218 Å². The van der Waals surface area contributed by atoms with Gasteiger partial charge in [0.25, 0.3) is 11.5 Å². The molecule has 0 unspecified atom stereocenters. The molecule has 2 aliphatic rings. The van der Waals surface area contributed by atoms with E-state index in [0.717, 1.165) is 5.56 Å². The maximum atomic E-state index is 13.4. The largest absolute Gasteiger partial charge is 0.505 e. The molecule has 202 valence electrons. The van der Waals surface area contributed by atoms with Gasteiger partial charge in [-0.1, -0.05) is 12.1 Å². The molecular formula is C25H28FN5O6S. The number of ether oxygens (including phenoxy) is 1. The van der Waals surface area contributed by atoms with Crippen LogP contribution in [-0.2, 0) is 23.0 Å². The number of piperazine rings is 1. The maximum Gasteiger partial charge on any atom is 0.268 e. The van der Waals surface area contributed by atoms with Gasteiger partial charge >= 0.3 is 0 Å². The summed E-state index contributed by atoms with van der Waals surface area (Å²) >= 11 is 0. The molecule has 2 aliphatic heterocycles. The number of rotatable bonds is 6. The van der Waals surface area contributed by atoms with Crippen molar-refractivity contribution in [3.8, 4) is 11.5 Å². The lowest BCUT2D eigenvalue weighted by molar-refractivity contribution is 0.0894. The van der Waals surface area contributed by atoms with Crippen LogP contribution < -0.4 is 15.6 Å². The number of hydrogen-bond acceptors (Lipinski definition) is 8. The second-order valence-corrected chi connectivity index (χ2v) is 11.5. The zero-order valence-corrected chi connectivity index (χ0v) is 21.8. The van der Waals surface area contributed by atoms with Crippen LogP contribution in [0.1, 0.15) is 21.5 Å². The number of nitrogens with one attached hydrogen (secondary N) is 1. The minimum atomic E-state index is -3.27. The lowest BCUT2D eigenvalue weighted by Crippen LogP contribution is -2.52. The Morgan fingerprint density at radius 3 is 2.53 bits per heavy atom. The highest BCUT2D eigenvalue weighted by Gasteiger charge is 2.33. The molecule has 1 saturated heterocycles. The molecule has 13 heteroatoms. The summed E-state index contributed by atoms with van der Waals surface area (Å²) in [5.41, 5.74) is 0.736. The summed E-state index contributed by atoms with van der Waals surface area (Å²) in [5, 5.41) is 13.2. The number of carbonyl (C=O) groups excluding carboxylic acids is 1. The Bertz CT molecular complexity index is 1570. The zero-order valence-electron chi connectivity index (χ0n) is 21.0. The fourth-order valence-corrected chi connectivity index (χ4v) is 5.85. The molecule has 11 nitrogen and oxygen atoms in total. The number of halogens is 1. The van der Waals surface area contributed by atoms with Crippen LogP contribution in [0.2, 0.25) is 0 Å². The van der Waals surface area contributed by atoms with E-state index in [9.17, 15) is 27.5 Å². The first-order chi connectivity index (χ1) is 18.1. The first kappa shape index (κ1) is 26.1. The number of hydrogen-bond donors (Lipinski definition) is 2. The van der Waals surface area contributed by atoms with Crippen LogP contribution in [0.4, 0.5) is 4.39 Å². The van der Waals surface area contributed by atoms with E-state index in [0.29, 0.717) is 50.5 Å². The number of aromatic hydroxyl groups is 1. The Morgan fingerprint density at radius 1 is 1.21 bits per heavy atom. The summed E-state index contributed by atoms with van der Waals surface area (Å²) in [4.78, 5) is 32.4. The number of nitrogens with zero attached hydrogens (tertiary/aromatic N) is 4. The Balaban J connectivity index is 1.54. The molecule has 4 heterocycles. The molecule has 1 amide bonds. The molecule has 0 spiro atoms. The molecule has 2 N–H and O–H groups in total. The third-order valence-corrected chi connectivity index (χ3v) is 8.27. The Morgan fingerprint density at radius 2 is 1.89 bits per heavy atom. The third kappa shape index (κ3) is 4.84. The minimum absolute atomic E-state index is 0.0706. The molecule has 2 aromatic heterocycles. The van der Waals surface area contributed by atoms with Crippen LogP contribution in [0.15, 0.2) is 35.3 Å². The summed E-state index contributed by atoms with van der Waals surface area (Å²) < 4.78 is 46.4. The highest BCUT2D eigenvalue weighted by atomic mass is 32.2. The van der Waals surface area contributed by atoms with E-state index in [2.05, 4.69) is 15.2 Å². The van der Waals surface area contributed by atoms with E-state index in [1.165, 1.54) is 40.5 Å². The lowest BCUT2D eigenvalue weighted by atomic mass is 10.0. The molecule has 0 radical (unpaired) electrons. The molecule has 1 fully saturated rings. The minimum Gasteiger partial charge on any atom is -0.505 e. The monoisotopic (exact) mass is 545 g/mol. The highest BCUT2D eigenvalue weighted by Crippen LogP contribution is 2.37. The van der Waals surface area contributed by atoms with Crippen LogP contribution in [0.3, 0.4) is 0 Å². The topological polar surface area (TPSA) is 134 Å². The summed E-state index contributed by atoms with van der Waals surface area (Å²) in [6, 6.07) is 6.00. The van der Waals surface area contributed by atoms with E-state index in [1.807, 2.05) is 0 Å². The van der Waals surface area contributed by atoms with Crippen molar-refractivity contribution in [3.63, 3.8) is 0 Å². The number of sulfonamides is 1. The second kappa shape index (κ2) is 9.97. The number of amides is 1. The highest BCUT2D eigenvalue weighted by molar-refractivity contribution is 7.88. The molecule has 0 bridgehead atoms. The van der Waals surface area contributed by atoms with Gasteiger partial charge in [0.2, 0.25) is 10.0 Å². The van der Waals surface area contributed by atoms with Crippen LogP contribution in [-0.4, -0.2) is 90.3 Å². The van der Waals surface area contributed by atoms with Gasteiger partial charge in [-0.05, 0) is 17.7 Å². The van der Waals surface area contributed by atoms with Crippen molar-refractivity contribution in [2.75, 3.05) is 46.0 Å². The van der Waals surface area contributed by atoms with Gasteiger partial charge in [0, 0.05) is 58.0 Å². The van der Waals surface area contributed by atoms with Gasteiger partial charge in [-0.2, -0.15) is 4.31 Å². The molecule has 1 aromatic carbocycles. The van der Waals surface area contributed by atoms with Crippen LogP contribution in [0.25, 0.3) is 11.0 Å². The average Bonchev–Trinajstić information content (AvgIpc) is 2.88. The summed E-state index contributed by atoms with van der Waals surface area (Å²) in [6.45, 7) is 2.24. The van der Waals surface area contributed by atoms with Crippen LogP contribution in [0, 0.1) is 5.82 Å². The lowest BCUT2D eigenvalue weighted by Gasteiger charge is -2.37. The van der Waals surface area contributed by atoms with E-state index >= 15 is 0 Å². The SMILES string of the molecule is CNC(=O)c1c(O)c2ncc(Cc3ccc(F)cc3)c3c2n(c1=O)C[C@@H](CN1CCN(S(C)(=O)=O)CC1)O3. The van der Waals surface area contributed by atoms with Crippen molar-refractivity contribution in [2.24, 2.45) is 0 Å². The number of aromatic nitrogens is 2. The predicted octanol–water partition coefficient (Wildman–Crippen LogP) is 0.530. The summed E-state index contributed by atoms with van der Waals surface area (Å²) in [5.74, 6) is -1.24. The van der Waals surface area contributed by atoms with Gasteiger partial charge in [-0.15, -0.1) is 0 Å². The normalized spacial score (nSPS) is 18.3. The van der Waals surface area contributed by atoms with Crippen molar-refractivity contribution in [3.05, 3.63) is 63.3 Å². The van der Waals surface area contributed by atoms with Crippen LogP contribution in [0.5, 0.6) is 11.5 Å². The van der Waals surface area contributed by atoms with Crippen molar-refractivity contribution >= 4 is 27.0 Å². The molecule has 3 aromatic rings. The first-order valence-corrected chi connectivity index (χ1v) is 14.0. The van der Waals surface area contributed by atoms with Crippen molar-refractivity contribution < 1.29 is 27.4 Å². The summed E-state index contributed by atoms with van der Waals surface area (Å²) in [7, 11) is -1.90. The number of carbonyl (C=O) groups is 1. The Hall–Kier alpha value is -3.55. The standard InChI is InChI=1S/C25H28FN5O6S/c1-27-24(33)19-22(32)20-21-23(16(12-28-20)11-15-3-5-17(26)6-4-15)37-18(14-31(21)25(19)34)13-29-7-9-30(10-8-29)38(2,35)36/h3-6,12,18,32H,7-11,13-14H2,1-2H3,(H,27,33)/t18-/m1/s1. The number of benzene rings is 1. The molecule has 0 saturated carbocycles. The second-order valence-electron chi connectivity index (χ2n) is 9.53. The smallest absolute Gasteiger partial charge is 0.268 e. The van der Waals surface area contributed by atoms with E-state index in [1.54, 1.807) is 12.1 Å². The van der Waals surface area contributed by atoms with Gasteiger partial charge < -0.3 is 15.2 Å². The molecule has 38 heavy (non-hydrogen) atoms. The van der Waals surface area contributed by atoms with E-state index in [4.69, 9.17) is 4.74 Å². The van der Waals surface area contributed by atoms with E-state index < -0.39 is 38.9 Å². The van der Waals surface area contributed by atoms with Gasteiger partial charge in [-0.25, -0.2) is 12.8 Å². The molecule has 1 atom stereocenters. The molecule has 0 aliphatic carbocycles. The fraction of sp³-hybridized carbons (Fsp3) is 0.400. The van der Waals surface area contributed by atoms with Gasteiger partial charge in [-0.3, -0.25) is 24.0 Å². The molecule has 5 rings (SSSR count). The van der Waals surface area contributed by atoms with Gasteiger partial charge in [0.1, 0.15) is 28.5 Å². The Kier molecular flexibility index (Phi) is 6.84. The summed E-state index contributed by atoms with van der Waals surface area (Å²) in [6.07, 6.45) is 2.55. The van der Waals surface area contributed by atoms with Gasteiger partial charge in [0.15, 0.2) is 11.5 Å².